The van der Waals surface area contributed by atoms with E-state index in [1.165, 1.54) is 6.20 Å². The number of likely N-dealkylation sites (tertiary alicyclic amines) is 1. The average molecular weight is 467 g/mol. The number of piperidine rings is 2. The molecule has 3 amide bonds. The molecule has 4 N–H and O–H groups in total. The Morgan fingerprint density at radius 1 is 1.25 bits per heavy atom. The van der Waals surface area contributed by atoms with Crippen LogP contribution in [0.4, 0.5) is 0 Å². The van der Waals surface area contributed by atoms with Crippen molar-refractivity contribution in [3.05, 3.63) is 11.1 Å². The van der Waals surface area contributed by atoms with Crippen LogP contribution >= 0.6 is 11.5 Å². The Bertz CT molecular complexity index is 798. The number of hydrogen-bond acceptors (Lipinski definition) is 8. The van der Waals surface area contributed by atoms with Gasteiger partial charge in [0.25, 0.3) is 5.91 Å². The number of aliphatic carboxylic acids is 1. The van der Waals surface area contributed by atoms with E-state index in [0.29, 0.717) is 31.8 Å². The Hall–Kier alpha value is -2.60. The molecule has 2 fully saturated rings. The Morgan fingerprint density at radius 2 is 2.03 bits per heavy atom. The molecule has 12 heteroatoms. The van der Waals surface area contributed by atoms with Crippen molar-refractivity contribution in [2.24, 2.45) is 11.8 Å². The van der Waals surface area contributed by atoms with Gasteiger partial charge < -0.3 is 26.0 Å². The van der Waals surface area contributed by atoms with Crippen LogP contribution in [0.15, 0.2) is 6.20 Å². The lowest BCUT2D eigenvalue weighted by Gasteiger charge is -2.33. The predicted octanol–water partition coefficient (Wildman–Crippen LogP) is -0.144. The summed E-state index contributed by atoms with van der Waals surface area (Å²) in [6.45, 7) is 2.75. The number of nitrogens with one attached hydrogen (secondary N) is 3. The third-order valence-electron chi connectivity index (χ3n) is 6.04. The van der Waals surface area contributed by atoms with Gasteiger partial charge in [0.15, 0.2) is 0 Å². The summed E-state index contributed by atoms with van der Waals surface area (Å²) >= 11 is 0.854. The molecule has 0 aliphatic carbocycles. The Balaban J connectivity index is 1.44. The van der Waals surface area contributed by atoms with Gasteiger partial charge in [-0.1, -0.05) is 4.49 Å². The highest BCUT2D eigenvalue weighted by Gasteiger charge is 2.30. The molecule has 0 bridgehead atoms. The van der Waals surface area contributed by atoms with Crippen molar-refractivity contribution >= 4 is 35.2 Å². The third-order valence-corrected chi connectivity index (χ3v) is 6.70. The molecule has 1 aromatic rings. The fourth-order valence-electron chi connectivity index (χ4n) is 4.12. The standard InChI is InChI=1S/C20H30N6O5S/c27-17(4-3-13-5-7-21-8-6-13)26-9-1-2-14(12-26)18(28)22-10-15(20(30)31)24-19(29)16-11-23-25-32-16/h11,13-15,21H,1-10,12H2,(H,22,28)(H,24,29)(H,30,31)/t14-,15-/m1/s1. The van der Waals surface area contributed by atoms with Crippen molar-refractivity contribution in [1.29, 1.82) is 0 Å². The predicted molar refractivity (Wildman–Crippen MR) is 116 cm³/mol. The third kappa shape index (κ3) is 6.95. The molecule has 0 spiro atoms. The molecule has 2 saturated heterocycles. The highest BCUT2D eigenvalue weighted by atomic mass is 32.1. The number of carboxylic acids is 1. The molecule has 0 saturated carbocycles. The number of nitrogens with zero attached hydrogens (tertiary/aromatic N) is 3. The topological polar surface area (TPSA) is 154 Å². The van der Waals surface area contributed by atoms with Gasteiger partial charge in [0.2, 0.25) is 11.8 Å². The number of amides is 3. The molecule has 176 valence electrons. The molecular weight excluding hydrogens is 436 g/mol. The molecule has 0 aromatic carbocycles. The largest absolute Gasteiger partial charge is 0.480 e. The van der Waals surface area contributed by atoms with Gasteiger partial charge in [-0.25, -0.2) is 4.79 Å². The maximum absolute atomic E-state index is 12.6. The summed E-state index contributed by atoms with van der Waals surface area (Å²) in [5.74, 6) is -1.90. The molecular formula is C20H30N6O5S. The van der Waals surface area contributed by atoms with Crippen molar-refractivity contribution in [1.82, 2.24) is 30.4 Å². The van der Waals surface area contributed by atoms with Gasteiger partial charge in [-0.05, 0) is 62.6 Å². The van der Waals surface area contributed by atoms with E-state index >= 15 is 0 Å². The van der Waals surface area contributed by atoms with Crippen molar-refractivity contribution in [3.63, 3.8) is 0 Å². The molecule has 3 rings (SSSR count). The second-order valence-corrected chi connectivity index (χ2v) is 9.09. The van der Waals surface area contributed by atoms with Crippen LogP contribution in [0.3, 0.4) is 0 Å². The summed E-state index contributed by atoms with van der Waals surface area (Å²) in [5.41, 5.74) is 0. The summed E-state index contributed by atoms with van der Waals surface area (Å²) in [7, 11) is 0. The molecule has 0 unspecified atom stereocenters. The molecule has 1 aromatic heterocycles. The van der Waals surface area contributed by atoms with Gasteiger partial charge >= 0.3 is 5.97 Å². The lowest BCUT2D eigenvalue weighted by atomic mass is 9.92. The lowest BCUT2D eigenvalue weighted by molar-refractivity contribution is -0.139. The van der Waals surface area contributed by atoms with Crippen LogP contribution in [0.5, 0.6) is 0 Å². The van der Waals surface area contributed by atoms with E-state index in [9.17, 15) is 24.3 Å². The molecule has 2 aliphatic rings. The van der Waals surface area contributed by atoms with Gasteiger partial charge in [0, 0.05) is 26.1 Å². The number of hydrogen-bond donors (Lipinski definition) is 4. The van der Waals surface area contributed by atoms with Crippen molar-refractivity contribution < 1.29 is 24.3 Å². The fourth-order valence-corrected chi connectivity index (χ4v) is 4.54. The van der Waals surface area contributed by atoms with Gasteiger partial charge in [-0.3, -0.25) is 14.4 Å². The number of carboxylic acid groups (broad SMARTS) is 1. The van der Waals surface area contributed by atoms with E-state index in [1.54, 1.807) is 4.90 Å². The van der Waals surface area contributed by atoms with E-state index in [0.717, 1.165) is 50.3 Å². The summed E-state index contributed by atoms with van der Waals surface area (Å²) in [4.78, 5) is 50.8. The first-order valence-electron chi connectivity index (χ1n) is 11.0. The van der Waals surface area contributed by atoms with Crippen LogP contribution in [0.1, 0.15) is 48.2 Å². The molecule has 2 atom stereocenters. The number of rotatable bonds is 9. The van der Waals surface area contributed by atoms with Gasteiger partial charge in [-0.15, -0.1) is 5.10 Å². The minimum atomic E-state index is -1.28. The van der Waals surface area contributed by atoms with Crippen LogP contribution in [0.25, 0.3) is 0 Å². The van der Waals surface area contributed by atoms with Crippen molar-refractivity contribution in [2.75, 3.05) is 32.7 Å². The highest BCUT2D eigenvalue weighted by Crippen LogP contribution is 2.21. The molecule has 3 heterocycles. The quantitative estimate of drug-likeness (QED) is 0.392. The minimum Gasteiger partial charge on any atom is -0.480 e. The lowest BCUT2D eigenvalue weighted by Crippen LogP contribution is -2.51. The monoisotopic (exact) mass is 466 g/mol. The Kier molecular flexibility index (Phi) is 8.91. The highest BCUT2D eigenvalue weighted by molar-refractivity contribution is 7.07. The van der Waals surface area contributed by atoms with E-state index < -0.39 is 17.9 Å². The summed E-state index contributed by atoms with van der Waals surface area (Å²) in [6.07, 6.45) is 6.19. The average Bonchev–Trinajstić information content (AvgIpc) is 3.35. The summed E-state index contributed by atoms with van der Waals surface area (Å²) in [6, 6.07) is -1.28. The number of carbonyl (C=O) groups excluding carboxylic acids is 3. The zero-order valence-corrected chi connectivity index (χ0v) is 18.7. The van der Waals surface area contributed by atoms with Gasteiger partial charge in [0.1, 0.15) is 10.9 Å². The van der Waals surface area contributed by atoms with Crippen molar-refractivity contribution in [2.45, 2.75) is 44.6 Å². The zero-order valence-electron chi connectivity index (χ0n) is 17.9. The van der Waals surface area contributed by atoms with E-state index in [2.05, 4.69) is 25.5 Å². The van der Waals surface area contributed by atoms with Gasteiger partial charge in [0.05, 0.1) is 12.1 Å². The Morgan fingerprint density at radius 3 is 2.72 bits per heavy atom. The first-order valence-corrected chi connectivity index (χ1v) is 11.8. The minimum absolute atomic E-state index is 0.0786. The number of aromatic nitrogens is 2. The molecule has 0 radical (unpaired) electrons. The van der Waals surface area contributed by atoms with E-state index in [1.807, 2.05) is 0 Å². The van der Waals surface area contributed by atoms with E-state index in [-0.39, 0.29) is 29.2 Å². The maximum Gasteiger partial charge on any atom is 0.328 e. The summed E-state index contributed by atoms with van der Waals surface area (Å²) in [5, 5.41) is 21.2. The fraction of sp³-hybridized carbons (Fsp3) is 0.700. The van der Waals surface area contributed by atoms with Crippen LogP contribution in [0, 0.1) is 11.8 Å². The smallest absolute Gasteiger partial charge is 0.328 e. The molecule has 11 nitrogen and oxygen atoms in total. The Labute approximate surface area is 190 Å². The first-order chi connectivity index (χ1) is 15.4. The summed E-state index contributed by atoms with van der Waals surface area (Å²) < 4.78 is 3.57. The van der Waals surface area contributed by atoms with Crippen LogP contribution in [0.2, 0.25) is 0 Å². The second-order valence-electron chi connectivity index (χ2n) is 8.30. The molecule has 2 aliphatic heterocycles. The normalized spacial score (nSPS) is 20.4. The van der Waals surface area contributed by atoms with E-state index in [4.69, 9.17) is 0 Å². The number of carbonyl (C=O) groups is 4. The van der Waals surface area contributed by atoms with Crippen LogP contribution in [-0.2, 0) is 14.4 Å². The van der Waals surface area contributed by atoms with Gasteiger partial charge in [-0.2, -0.15) is 0 Å². The van der Waals surface area contributed by atoms with Crippen LogP contribution in [-0.4, -0.2) is 82.0 Å². The SMILES string of the molecule is O=C(N[C@H](CNC(=O)[C@@H]1CCCN(C(=O)CCC2CCNCC2)C1)C(=O)O)c1cnns1. The molecule has 32 heavy (non-hydrogen) atoms. The first kappa shape index (κ1) is 24.1. The van der Waals surface area contributed by atoms with Crippen LogP contribution < -0.4 is 16.0 Å². The zero-order chi connectivity index (χ0) is 22.9. The van der Waals surface area contributed by atoms with Crippen molar-refractivity contribution in [3.8, 4) is 0 Å². The maximum atomic E-state index is 12.6. The second kappa shape index (κ2) is 11.9.